The van der Waals surface area contributed by atoms with Crippen LogP contribution >= 0.6 is 0 Å². The Morgan fingerprint density at radius 1 is 1.62 bits per heavy atom. The first-order chi connectivity index (χ1) is 7.66. The molecule has 0 unspecified atom stereocenters. The molecule has 2 heterocycles. The zero-order chi connectivity index (χ0) is 11.5. The standard InChI is InChI=1S/C12H16N2O2/c1-9-4-5-14(8-12(13)15)7-10(9)11-3-2-6-16-11/h2-3,6H,4-5,7-8H2,1H3,(H2,13,15). The Morgan fingerprint density at radius 2 is 2.44 bits per heavy atom. The summed E-state index contributed by atoms with van der Waals surface area (Å²) in [5.74, 6) is 0.616. The van der Waals surface area contributed by atoms with E-state index in [-0.39, 0.29) is 5.91 Å². The molecule has 4 nitrogen and oxygen atoms in total. The van der Waals surface area contributed by atoms with Crippen LogP contribution in [0.25, 0.3) is 5.57 Å². The molecule has 0 aromatic carbocycles. The second kappa shape index (κ2) is 4.53. The van der Waals surface area contributed by atoms with Crippen LogP contribution in [0.1, 0.15) is 19.1 Å². The molecule has 0 saturated carbocycles. The number of hydrogen-bond acceptors (Lipinski definition) is 3. The van der Waals surface area contributed by atoms with Gasteiger partial charge in [-0.3, -0.25) is 9.69 Å². The molecule has 2 rings (SSSR count). The number of nitrogens with two attached hydrogens (primary N) is 1. The van der Waals surface area contributed by atoms with Gasteiger partial charge in [0.05, 0.1) is 12.8 Å². The van der Waals surface area contributed by atoms with Crippen LogP contribution in [0, 0.1) is 0 Å². The topological polar surface area (TPSA) is 59.5 Å². The van der Waals surface area contributed by atoms with E-state index in [0.29, 0.717) is 6.54 Å². The highest BCUT2D eigenvalue weighted by Crippen LogP contribution is 2.26. The predicted molar refractivity (Wildman–Crippen MR) is 61.6 cm³/mol. The molecule has 16 heavy (non-hydrogen) atoms. The van der Waals surface area contributed by atoms with Gasteiger partial charge in [-0.2, -0.15) is 0 Å². The van der Waals surface area contributed by atoms with Crippen molar-refractivity contribution < 1.29 is 9.21 Å². The summed E-state index contributed by atoms with van der Waals surface area (Å²) in [4.78, 5) is 12.9. The van der Waals surface area contributed by atoms with Crippen molar-refractivity contribution in [2.75, 3.05) is 19.6 Å². The van der Waals surface area contributed by atoms with E-state index >= 15 is 0 Å². The van der Waals surface area contributed by atoms with E-state index in [1.807, 2.05) is 17.0 Å². The Labute approximate surface area is 94.7 Å². The lowest BCUT2D eigenvalue weighted by molar-refractivity contribution is -0.119. The summed E-state index contributed by atoms with van der Waals surface area (Å²) in [6, 6.07) is 3.83. The molecule has 1 aromatic heterocycles. The summed E-state index contributed by atoms with van der Waals surface area (Å²) in [5.41, 5.74) is 7.71. The van der Waals surface area contributed by atoms with Crippen LogP contribution in [0.15, 0.2) is 28.4 Å². The van der Waals surface area contributed by atoms with Crippen molar-refractivity contribution in [3.05, 3.63) is 29.7 Å². The highest BCUT2D eigenvalue weighted by molar-refractivity contribution is 5.76. The van der Waals surface area contributed by atoms with Crippen molar-refractivity contribution in [2.24, 2.45) is 5.73 Å². The fraction of sp³-hybridized carbons (Fsp3) is 0.417. The molecule has 1 aliphatic heterocycles. The summed E-state index contributed by atoms with van der Waals surface area (Å²) < 4.78 is 5.40. The van der Waals surface area contributed by atoms with Gasteiger partial charge in [-0.25, -0.2) is 0 Å². The lowest BCUT2D eigenvalue weighted by atomic mass is 9.99. The van der Waals surface area contributed by atoms with Crippen LogP contribution in [-0.2, 0) is 4.79 Å². The van der Waals surface area contributed by atoms with Crippen molar-refractivity contribution in [2.45, 2.75) is 13.3 Å². The minimum atomic E-state index is -0.279. The minimum absolute atomic E-state index is 0.279. The van der Waals surface area contributed by atoms with Gasteiger partial charge in [0.1, 0.15) is 5.76 Å². The molecule has 1 aromatic rings. The van der Waals surface area contributed by atoms with Gasteiger partial charge in [-0.1, -0.05) is 5.57 Å². The molecule has 0 bridgehead atoms. The summed E-state index contributed by atoms with van der Waals surface area (Å²) >= 11 is 0. The van der Waals surface area contributed by atoms with Gasteiger partial charge < -0.3 is 10.2 Å². The third kappa shape index (κ3) is 2.33. The second-order valence-corrected chi connectivity index (χ2v) is 4.16. The van der Waals surface area contributed by atoms with Crippen LogP contribution in [-0.4, -0.2) is 30.4 Å². The molecule has 0 saturated heterocycles. The maximum atomic E-state index is 10.9. The minimum Gasteiger partial charge on any atom is -0.465 e. The van der Waals surface area contributed by atoms with Crippen LogP contribution < -0.4 is 5.73 Å². The zero-order valence-corrected chi connectivity index (χ0v) is 9.40. The van der Waals surface area contributed by atoms with Gasteiger partial charge in [0, 0.05) is 18.7 Å². The van der Waals surface area contributed by atoms with Gasteiger partial charge in [0.2, 0.25) is 5.91 Å². The van der Waals surface area contributed by atoms with E-state index in [2.05, 4.69) is 6.92 Å². The first-order valence-electron chi connectivity index (χ1n) is 5.40. The molecule has 86 valence electrons. The summed E-state index contributed by atoms with van der Waals surface area (Å²) in [6.45, 7) is 4.05. The summed E-state index contributed by atoms with van der Waals surface area (Å²) in [6.07, 6.45) is 2.63. The summed E-state index contributed by atoms with van der Waals surface area (Å²) in [7, 11) is 0. The molecule has 0 atom stereocenters. The molecule has 0 radical (unpaired) electrons. The Balaban J connectivity index is 2.14. The van der Waals surface area contributed by atoms with Gasteiger partial charge >= 0.3 is 0 Å². The van der Waals surface area contributed by atoms with E-state index in [0.717, 1.165) is 25.3 Å². The molecule has 4 heteroatoms. The SMILES string of the molecule is CC1=C(c2ccco2)CN(CC(N)=O)CC1. The van der Waals surface area contributed by atoms with Crippen molar-refractivity contribution in [3.63, 3.8) is 0 Å². The number of primary amides is 1. The van der Waals surface area contributed by atoms with Gasteiger partial charge in [0.25, 0.3) is 0 Å². The van der Waals surface area contributed by atoms with Crippen LogP contribution in [0.2, 0.25) is 0 Å². The van der Waals surface area contributed by atoms with E-state index in [1.165, 1.54) is 11.1 Å². The largest absolute Gasteiger partial charge is 0.465 e. The lowest BCUT2D eigenvalue weighted by Gasteiger charge is -2.27. The number of rotatable bonds is 3. The number of amides is 1. The van der Waals surface area contributed by atoms with Crippen LogP contribution in [0.4, 0.5) is 0 Å². The number of furan rings is 1. The average molecular weight is 220 g/mol. The third-order valence-corrected chi connectivity index (χ3v) is 2.90. The molecular formula is C12H16N2O2. The lowest BCUT2D eigenvalue weighted by Crippen LogP contribution is -2.37. The van der Waals surface area contributed by atoms with Crippen molar-refractivity contribution in [3.8, 4) is 0 Å². The number of hydrogen-bond donors (Lipinski definition) is 1. The molecule has 0 spiro atoms. The van der Waals surface area contributed by atoms with Crippen molar-refractivity contribution in [1.82, 2.24) is 4.90 Å². The monoisotopic (exact) mass is 220 g/mol. The van der Waals surface area contributed by atoms with E-state index in [9.17, 15) is 4.79 Å². The number of carbonyl (C=O) groups is 1. The quantitative estimate of drug-likeness (QED) is 0.833. The van der Waals surface area contributed by atoms with Crippen molar-refractivity contribution >= 4 is 11.5 Å². The van der Waals surface area contributed by atoms with E-state index in [4.69, 9.17) is 10.2 Å². The maximum Gasteiger partial charge on any atom is 0.231 e. The molecule has 0 aliphatic carbocycles. The number of carbonyl (C=O) groups excluding carboxylic acids is 1. The van der Waals surface area contributed by atoms with Gasteiger partial charge in [-0.05, 0) is 25.5 Å². The zero-order valence-electron chi connectivity index (χ0n) is 9.40. The van der Waals surface area contributed by atoms with Gasteiger partial charge in [-0.15, -0.1) is 0 Å². The second-order valence-electron chi connectivity index (χ2n) is 4.16. The molecule has 1 amide bonds. The molecule has 1 aliphatic rings. The average Bonchev–Trinajstić information content (AvgIpc) is 2.73. The van der Waals surface area contributed by atoms with Crippen molar-refractivity contribution in [1.29, 1.82) is 0 Å². The Bertz CT molecular complexity index is 407. The predicted octanol–water partition coefficient (Wildman–Crippen LogP) is 1.24. The van der Waals surface area contributed by atoms with Crippen LogP contribution in [0.3, 0.4) is 0 Å². The third-order valence-electron chi connectivity index (χ3n) is 2.90. The fourth-order valence-electron chi connectivity index (χ4n) is 2.01. The Morgan fingerprint density at radius 3 is 3.06 bits per heavy atom. The Hall–Kier alpha value is -1.55. The highest BCUT2D eigenvalue weighted by atomic mass is 16.3. The normalized spacial score (nSPS) is 17.8. The van der Waals surface area contributed by atoms with Gasteiger partial charge in [0.15, 0.2) is 0 Å². The molecule has 0 fully saturated rings. The Kier molecular flexibility index (Phi) is 3.10. The highest BCUT2D eigenvalue weighted by Gasteiger charge is 2.20. The molecular weight excluding hydrogens is 204 g/mol. The summed E-state index contributed by atoms with van der Waals surface area (Å²) in [5, 5.41) is 0. The maximum absolute atomic E-state index is 10.9. The first kappa shape index (κ1) is 11.0. The van der Waals surface area contributed by atoms with Crippen LogP contribution in [0.5, 0.6) is 0 Å². The van der Waals surface area contributed by atoms with E-state index in [1.54, 1.807) is 6.26 Å². The van der Waals surface area contributed by atoms with E-state index < -0.39 is 0 Å². The number of nitrogens with zero attached hydrogens (tertiary/aromatic N) is 1. The first-order valence-corrected chi connectivity index (χ1v) is 5.40. The smallest absolute Gasteiger partial charge is 0.231 e. The fourth-order valence-corrected chi connectivity index (χ4v) is 2.01. The molecule has 2 N–H and O–H groups in total.